The maximum Gasteiger partial charge on any atom is 0.143 e. The van der Waals surface area contributed by atoms with E-state index in [-0.39, 0.29) is 0 Å². The molecule has 1 heteroatoms. The predicted molar refractivity (Wildman–Crippen MR) is 209 cm³/mol. The molecule has 11 aromatic rings. The summed E-state index contributed by atoms with van der Waals surface area (Å²) in [5, 5.41) is 15.0. The first-order chi connectivity index (χ1) is 24.3. The summed E-state index contributed by atoms with van der Waals surface area (Å²) in [6.45, 7) is 0. The van der Waals surface area contributed by atoms with Crippen molar-refractivity contribution < 1.29 is 4.42 Å². The lowest BCUT2D eigenvalue weighted by atomic mass is 9.89. The van der Waals surface area contributed by atoms with Gasteiger partial charge in [-0.05, 0) is 106 Å². The molecule has 0 aliphatic carbocycles. The lowest BCUT2D eigenvalue weighted by Gasteiger charge is -2.15. The molecule has 11 rings (SSSR count). The van der Waals surface area contributed by atoms with Crippen LogP contribution in [-0.4, -0.2) is 0 Å². The van der Waals surface area contributed by atoms with Crippen molar-refractivity contribution in [1.82, 2.24) is 0 Å². The lowest BCUT2D eigenvalue weighted by Crippen LogP contribution is -1.88. The summed E-state index contributed by atoms with van der Waals surface area (Å²) in [5.41, 5.74) is 8.97. The van der Waals surface area contributed by atoms with Gasteiger partial charge in [-0.1, -0.05) is 146 Å². The molecule has 0 aliphatic rings. The third kappa shape index (κ3) is 3.94. The highest BCUT2D eigenvalue weighted by Crippen LogP contribution is 2.44. The van der Waals surface area contributed by atoms with Crippen molar-refractivity contribution >= 4 is 75.8 Å². The van der Waals surface area contributed by atoms with Gasteiger partial charge in [-0.25, -0.2) is 0 Å². The number of rotatable bonds is 3. The molecule has 0 atom stereocenters. The zero-order valence-corrected chi connectivity index (χ0v) is 26.6. The molecule has 0 amide bonds. The molecular formula is C48H28O. The minimum absolute atomic E-state index is 0.914. The van der Waals surface area contributed by atoms with E-state index in [0.717, 1.165) is 27.5 Å². The van der Waals surface area contributed by atoms with Gasteiger partial charge in [0, 0.05) is 16.3 Å². The number of hydrogen-bond donors (Lipinski definition) is 0. The molecule has 0 N–H and O–H groups in total. The van der Waals surface area contributed by atoms with Gasteiger partial charge in [-0.15, -0.1) is 0 Å². The number of fused-ring (bicyclic) bond motifs is 5. The van der Waals surface area contributed by atoms with E-state index in [4.69, 9.17) is 4.42 Å². The monoisotopic (exact) mass is 620 g/mol. The summed E-state index contributed by atoms with van der Waals surface area (Å²) in [4.78, 5) is 0. The third-order valence-corrected chi connectivity index (χ3v) is 10.6. The van der Waals surface area contributed by atoms with Crippen molar-refractivity contribution in [1.29, 1.82) is 0 Å². The van der Waals surface area contributed by atoms with Gasteiger partial charge in [0.15, 0.2) is 0 Å². The van der Waals surface area contributed by atoms with Crippen LogP contribution < -0.4 is 0 Å². The Hall–Kier alpha value is -6.44. The molecule has 0 spiro atoms. The lowest BCUT2D eigenvalue weighted by molar-refractivity contribution is 0.670. The fraction of sp³-hybridized carbons (Fsp3) is 0. The van der Waals surface area contributed by atoms with Crippen LogP contribution in [0.4, 0.5) is 0 Å². The van der Waals surface area contributed by atoms with Crippen molar-refractivity contribution in [3.63, 3.8) is 0 Å². The summed E-state index contributed by atoms with van der Waals surface area (Å²) in [7, 11) is 0. The highest BCUT2D eigenvalue weighted by molar-refractivity contribution is 6.25. The minimum Gasteiger partial charge on any atom is -0.455 e. The van der Waals surface area contributed by atoms with Gasteiger partial charge in [0.1, 0.15) is 11.2 Å². The Balaban J connectivity index is 1.12. The molecule has 1 nitrogen and oxygen atoms in total. The van der Waals surface area contributed by atoms with Crippen molar-refractivity contribution in [2.24, 2.45) is 0 Å². The first-order valence-electron chi connectivity index (χ1n) is 16.9. The molecule has 10 aromatic carbocycles. The second-order valence-corrected chi connectivity index (χ2v) is 13.3. The molecule has 0 bridgehead atoms. The average molecular weight is 621 g/mol. The van der Waals surface area contributed by atoms with Crippen LogP contribution in [0, 0.1) is 0 Å². The van der Waals surface area contributed by atoms with E-state index in [2.05, 4.69) is 170 Å². The molecule has 1 heterocycles. The molecule has 226 valence electrons. The Morgan fingerprint density at radius 2 is 0.918 bits per heavy atom. The van der Waals surface area contributed by atoms with Gasteiger partial charge >= 0.3 is 0 Å². The molecule has 0 radical (unpaired) electrons. The summed E-state index contributed by atoms with van der Waals surface area (Å²) < 4.78 is 6.75. The largest absolute Gasteiger partial charge is 0.455 e. The summed E-state index contributed by atoms with van der Waals surface area (Å²) in [6.07, 6.45) is 0. The fourth-order valence-corrected chi connectivity index (χ4v) is 8.22. The van der Waals surface area contributed by atoms with Crippen LogP contribution in [0.15, 0.2) is 174 Å². The standard InChI is InChI=1S/C48H28O/c1-2-9-36-28-45-42(25-35(36)8-1)44-27-37(26-43(48(44)49-45)40-14-6-10-30-7-3-4-13-38(30)40)29-15-17-31(18-16-29)39-23-21-34-20-19-32-11-5-12-33-22-24-41(39)47(34)46(32)33/h1-28H. The van der Waals surface area contributed by atoms with Crippen LogP contribution in [-0.2, 0) is 0 Å². The van der Waals surface area contributed by atoms with Crippen LogP contribution in [0.25, 0.3) is 109 Å². The van der Waals surface area contributed by atoms with E-state index in [1.165, 1.54) is 81.7 Å². The van der Waals surface area contributed by atoms with Gasteiger partial charge in [0.25, 0.3) is 0 Å². The Kier molecular flexibility index (Phi) is 5.45. The van der Waals surface area contributed by atoms with Gasteiger partial charge in [-0.2, -0.15) is 0 Å². The first-order valence-corrected chi connectivity index (χ1v) is 16.9. The molecule has 0 saturated carbocycles. The van der Waals surface area contributed by atoms with E-state index in [9.17, 15) is 0 Å². The van der Waals surface area contributed by atoms with Crippen molar-refractivity contribution in [2.45, 2.75) is 0 Å². The predicted octanol–water partition coefficient (Wildman–Crippen LogP) is 13.8. The summed E-state index contributed by atoms with van der Waals surface area (Å²) in [5.74, 6) is 0. The van der Waals surface area contributed by atoms with Crippen molar-refractivity contribution in [2.75, 3.05) is 0 Å². The van der Waals surface area contributed by atoms with E-state index >= 15 is 0 Å². The topological polar surface area (TPSA) is 13.1 Å². The minimum atomic E-state index is 0.914. The maximum absolute atomic E-state index is 6.75. The number of furan rings is 1. The van der Waals surface area contributed by atoms with Gasteiger partial charge < -0.3 is 4.42 Å². The Bertz CT molecular complexity index is 3070. The van der Waals surface area contributed by atoms with Gasteiger partial charge in [-0.3, -0.25) is 0 Å². The van der Waals surface area contributed by atoms with Crippen LogP contribution >= 0.6 is 0 Å². The van der Waals surface area contributed by atoms with Gasteiger partial charge in [0.2, 0.25) is 0 Å². The smallest absolute Gasteiger partial charge is 0.143 e. The molecule has 49 heavy (non-hydrogen) atoms. The van der Waals surface area contributed by atoms with E-state index in [1.54, 1.807) is 0 Å². The normalized spacial score (nSPS) is 12.1. The van der Waals surface area contributed by atoms with Crippen LogP contribution in [0.5, 0.6) is 0 Å². The van der Waals surface area contributed by atoms with Crippen LogP contribution in [0.2, 0.25) is 0 Å². The third-order valence-electron chi connectivity index (χ3n) is 10.6. The SMILES string of the molecule is c1ccc2cc3c(cc2c1)oc1c(-c2cccc4ccccc24)cc(-c2ccc(-c4ccc5ccc6cccc7ccc4c5c67)cc2)cc13. The Morgan fingerprint density at radius 1 is 0.286 bits per heavy atom. The van der Waals surface area contributed by atoms with E-state index in [0.29, 0.717) is 0 Å². The van der Waals surface area contributed by atoms with E-state index in [1.807, 2.05) is 0 Å². The zero-order valence-electron chi connectivity index (χ0n) is 26.6. The van der Waals surface area contributed by atoms with Gasteiger partial charge in [0.05, 0.1) is 0 Å². The molecule has 0 aliphatic heterocycles. The molecule has 1 aromatic heterocycles. The second kappa shape index (κ2) is 10.0. The molecular weight excluding hydrogens is 593 g/mol. The highest BCUT2D eigenvalue weighted by atomic mass is 16.3. The number of benzene rings is 10. The molecule has 0 fully saturated rings. The van der Waals surface area contributed by atoms with Crippen LogP contribution in [0.1, 0.15) is 0 Å². The average Bonchev–Trinajstić information content (AvgIpc) is 3.52. The van der Waals surface area contributed by atoms with E-state index < -0.39 is 0 Å². The second-order valence-electron chi connectivity index (χ2n) is 13.3. The highest BCUT2D eigenvalue weighted by Gasteiger charge is 2.18. The molecule has 0 saturated heterocycles. The fourth-order valence-electron chi connectivity index (χ4n) is 8.22. The van der Waals surface area contributed by atoms with Crippen molar-refractivity contribution in [3.05, 3.63) is 170 Å². The first kappa shape index (κ1) is 26.6. The summed E-state index contributed by atoms with van der Waals surface area (Å²) in [6, 6.07) is 62.1. The van der Waals surface area contributed by atoms with Crippen LogP contribution in [0.3, 0.4) is 0 Å². The zero-order chi connectivity index (χ0) is 32.1. The van der Waals surface area contributed by atoms with Crippen molar-refractivity contribution in [3.8, 4) is 33.4 Å². The summed E-state index contributed by atoms with van der Waals surface area (Å²) >= 11 is 0. The number of hydrogen-bond acceptors (Lipinski definition) is 1. The molecule has 0 unspecified atom stereocenters. The Labute approximate surface area is 282 Å². The maximum atomic E-state index is 6.75. The Morgan fingerprint density at radius 3 is 1.76 bits per heavy atom. The quantitative estimate of drug-likeness (QED) is 0.179.